The Morgan fingerprint density at radius 2 is 2.05 bits per heavy atom. The van der Waals surface area contributed by atoms with Crippen LogP contribution in [-0.4, -0.2) is 38.7 Å². The Morgan fingerprint density at radius 3 is 2.91 bits per heavy atom. The lowest BCUT2D eigenvalue weighted by atomic mass is 9.97. The van der Waals surface area contributed by atoms with E-state index in [0.29, 0.717) is 13.0 Å². The molecule has 1 amide bonds. The number of ether oxygens (including phenoxy) is 1. The van der Waals surface area contributed by atoms with Crippen LogP contribution in [0.5, 0.6) is 0 Å². The SMILES string of the molecule is O=C(CC[NH+]1CCCCC1)NCC1OCCc2ccccc21. The Bertz CT molecular complexity index is 498. The maximum atomic E-state index is 12.1. The molecule has 3 rings (SSSR count). The zero-order valence-electron chi connectivity index (χ0n) is 13.3. The molecule has 0 aliphatic carbocycles. The van der Waals surface area contributed by atoms with Crippen molar-refractivity contribution in [2.24, 2.45) is 0 Å². The molecule has 1 unspecified atom stereocenters. The van der Waals surface area contributed by atoms with Crippen LogP contribution in [0.2, 0.25) is 0 Å². The first-order valence-corrected chi connectivity index (χ1v) is 8.62. The van der Waals surface area contributed by atoms with Crippen LogP contribution in [0.4, 0.5) is 0 Å². The minimum Gasteiger partial charge on any atom is -0.371 e. The number of carbonyl (C=O) groups excluding carboxylic acids is 1. The lowest BCUT2D eigenvalue weighted by Crippen LogP contribution is -3.12. The fourth-order valence-corrected chi connectivity index (χ4v) is 3.53. The van der Waals surface area contributed by atoms with E-state index in [1.807, 2.05) is 6.07 Å². The zero-order valence-corrected chi connectivity index (χ0v) is 13.3. The monoisotopic (exact) mass is 303 g/mol. The van der Waals surface area contributed by atoms with Crippen LogP contribution < -0.4 is 10.2 Å². The van der Waals surface area contributed by atoms with E-state index < -0.39 is 0 Å². The summed E-state index contributed by atoms with van der Waals surface area (Å²) in [6, 6.07) is 8.39. The molecule has 0 spiro atoms. The Kier molecular flexibility index (Phi) is 5.46. The summed E-state index contributed by atoms with van der Waals surface area (Å²) in [5, 5.41) is 3.06. The predicted octanol–water partition coefficient (Wildman–Crippen LogP) is 0.876. The van der Waals surface area contributed by atoms with E-state index in [-0.39, 0.29) is 12.0 Å². The fraction of sp³-hybridized carbons (Fsp3) is 0.611. The van der Waals surface area contributed by atoms with Crippen LogP contribution in [0.3, 0.4) is 0 Å². The lowest BCUT2D eigenvalue weighted by molar-refractivity contribution is -0.904. The molecular formula is C18H27N2O2+. The number of hydrogen-bond donors (Lipinski definition) is 2. The molecule has 2 aliphatic heterocycles. The highest BCUT2D eigenvalue weighted by molar-refractivity contribution is 5.75. The third kappa shape index (κ3) is 4.08. The Hall–Kier alpha value is -1.39. The molecular weight excluding hydrogens is 276 g/mol. The van der Waals surface area contributed by atoms with E-state index in [2.05, 4.69) is 23.5 Å². The maximum absolute atomic E-state index is 12.1. The van der Waals surface area contributed by atoms with E-state index in [1.165, 1.54) is 43.5 Å². The van der Waals surface area contributed by atoms with Gasteiger partial charge in [0.05, 0.1) is 32.7 Å². The minimum absolute atomic E-state index is 0.0104. The van der Waals surface area contributed by atoms with Gasteiger partial charge >= 0.3 is 0 Å². The van der Waals surface area contributed by atoms with Gasteiger partial charge in [-0.2, -0.15) is 0 Å². The largest absolute Gasteiger partial charge is 0.371 e. The Morgan fingerprint density at radius 1 is 1.23 bits per heavy atom. The van der Waals surface area contributed by atoms with Crippen molar-refractivity contribution in [3.63, 3.8) is 0 Å². The molecule has 0 bridgehead atoms. The summed E-state index contributed by atoms with van der Waals surface area (Å²) < 4.78 is 5.83. The van der Waals surface area contributed by atoms with Crippen LogP contribution in [0.1, 0.15) is 42.9 Å². The summed E-state index contributed by atoms with van der Waals surface area (Å²) in [6.07, 6.45) is 5.58. The number of fused-ring (bicyclic) bond motifs is 1. The standard InChI is InChI=1S/C18H26N2O2/c21-18(8-12-20-10-4-1-5-11-20)19-14-17-16-7-3-2-6-15(16)9-13-22-17/h2-3,6-7,17H,1,4-5,8-14H2,(H,19,21)/p+1. The summed E-state index contributed by atoms with van der Waals surface area (Å²) in [5.41, 5.74) is 2.58. The number of piperidine rings is 1. The van der Waals surface area contributed by atoms with Gasteiger partial charge in [0.25, 0.3) is 0 Å². The van der Waals surface area contributed by atoms with Crippen molar-refractivity contribution in [1.29, 1.82) is 0 Å². The van der Waals surface area contributed by atoms with Gasteiger partial charge in [0.15, 0.2) is 0 Å². The number of carbonyl (C=O) groups is 1. The average molecular weight is 303 g/mol. The minimum atomic E-state index is 0.0104. The van der Waals surface area contributed by atoms with E-state index in [4.69, 9.17) is 4.74 Å². The molecule has 0 aromatic heterocycles. The molecule has 1 aromatic rings. The second kappa shape index (κ2) is 7.75. The first kappa shape index (κ1) is 15.5. The molecule has 2 aliphatic rings. The van der Waals surface area contributed by atoms with Crippen molar-refractivity contribution in [2.75, 3.05) is 32.8 Å². The average Bonchev–Trinajstić information content (AvgIpc) is 2.59. The third-order valence-electron chi connectivity index (χ3n) is 4.84. The molecule has 0 saturated carbocycles. The van der Waals surface area contributed by atoms with Crippen LogP contribution in [0.15, 0.2) is 24.3 Å². The molecule has 2 heterocycles. The first-order valence-electron chi connectivity index (χ1n) is 8.62. The number of likely N-dealkylation sites (tertiary alicyclic amines) is 1. The van der Waals surface area contributed by atoms with Crippen molar-refractivity contribution in [3.8, 4) is 0 Å². The van der Waals surface area contributed by atoms with Gasteiger partial charge < -0.3 is 15.0 Å². The van der Waals surface area contributed by atoms with Gasteiger partial charge in [-0.3, -0.25) is 4.79 Å². The van der Waals surface area contributed by atoms with E-state index in [1.54, 1.807) is 4.90 Å². The Balaban J connectivity index is 1.43. The number of benzene rings is 1. The van der Waals surface area contributed by atoms with E-state index in [0.717, 1.165) is 19.6 Å². The third-order valence-corrected chi connectivity index (χ3v) is 4.84. The van der Waals surface area contributed by atoms with Crippen LogP contribution in [0.25, 0.3) is 0 Å². The van der Waals surface area contributed by atoms with E-state index >= 15 is 0 Å². The number of nitrogens with one attached hydrogen (secondary N) is 2. The number of amides is 1. The lowest BCUT2D eigenvalue weighted by Gasteiger charge is -2.26. The topological polar surface area (TPSA) is 42.8 Å². The summed E-state index contributed by atoms with van der Waals surface area (Å²) in [5.74, 6) is 0.157. The molecule has 1 saturated heterocycles. The highest BCUT2D eigenvalue weighted by Gasteiger charge is 2.21. The zero-order chi connectivity index (χ0) is 15.2. The summed E-state index contributed by atoms with van der Waals surface area (Å²) in [7, 11) is 0. The fourth-order valence-electron chi connectivity index (χ4n) is 3.53. The maximum Gasteiger partial charge on any atom is 0.225 e. The number of hydrogen-bond acceptors (Lipinski definition) is 2. The number of quaternary nitrogens is 1. The van der Waals surface area contributed by atoms with Crippen molar-refractivity contribution >= 4 is 5.91 Å². The van der Waals surface area contributed by atoms with Crippen LogP contribution in [-0.2, 0) is 16.0 Å². The van der Waals surface area contributed by atoms with Gasteiger partial charge in [-0.05, 0) is 36.8 Å². The van der Waals surface area contributed by atoms with Crippen molar-refractivity contribution in [1.82, 2.24) is 5.32 Å². The molecule has 4 nitrogen and oxygen atoms in total. The molecule has 1 fully saturated rings. The molecule has 120 valence electrons. The highest BCUT2D eigenvalue weighted by Crippen LogP contribution is 2.26. The van der Waals surface area contributed by atoms with Crippen LogP contribution in [0, 0.1) is 0 Å². The summed E-state index contributed by atoms with van der Waals surface area (Å²) in [4.78, 5) is 13.6. The predicted molar refractivity (Wildman–Crippen MR) is 85.9 cm³/mol. The van der Waals surface area contributed by atoms with Crippen molar-refractivity contribution in [2.45, 2.75) is 38.2 Å². The quantitative estimate of drug-likeness (QED) is 0.848. The van der Waals surface area contributed by atoms with Gasteiger partial charge in [-0.25, -0.2) is 0 Å². The smallest absolute Gasteiger partial charge is 0.225 e. The van der Waals surface area contributed by atoms with Gasteiger partial charge in [-0.15, -0.1) is 0 Å². The van der Waals surface area contributed by atoms with E-state index in [9.17, 15) is 4.79 Å². The second-order valence-electron chi connectivity index (χ2n) is 6.42. The number of rotatable bonds is 5. The summed E-state index contributed by atoms with van der Waals surface area (Å²) >= 11 is 0. The second-order valence-corrected chi connectivity index (χ2v) is 6.42. The van der Waals surface area contributed by atoms with Gasteiger partial charge in [0.1, 0.15) is 6.10 Å². The van der Waals surface area contributed by atoms with Gasteiger partial charge in [0.2, 0.25) is 5.91 Å². The molecule has 1 aromatic carbocycles. The van der Waals surface area contributed by atoms with Gasteiger partial charge in [0, 0.05) is 6.54 Å². The summed E-state index contributed by atoms with van der Waals surface area (Å²) in [6.45, 7) is 4.76. The molecule has 0 radical (unpaired) electrons. The molecule has 1 atom stereocenters. The molecule has 4 heteroatoms. The first-order chi connectivity index (χ1) is 10.8. The van der Waals surface area contributed by atoms with Gasteiger partial charge in [-0.1, -0.05) is 24.3 Å². The highest BCUT2D eigenvalue weighted by atomic mass is 16.5. The van der Waals surface area contributed by atoms with Crippen LogP contribution >= 0.6 is 0 Å². The van der Waals surface area contributed by atoms with Crippen molar-refractivity contribution < 1.29 is 14.4 Å². The van der Waals surface area contributed by atoms with Crippen molar-refractivity contribution in [3.05, 3.63) is 35.4 Å². The normalized spacial score (nSPS) is 22.1. The molecule has 2 N–H and O–H groups in total. The Labute approximate surface area is 132 Å². The molecule has 22 heavy (non-hydrogen) atoms.